The van der Waals surface area contributed by atoms with Crippen LogP contribution in [0.1, 0.15) is 37.9 Å². The molecule has 0 spiro atoms. The van der Waals surface area contributed by atoms with Crippen molar-refractivity contribution in [3.8, 4) is 6.07 Å². The van der Waals surface area contributed by atoms with Crippen molar-refractivity contribution in [3.05, 3.63) is 35.4 Å². The molecule has 0 radical (unpaired) electrons. The fraction of sp³-hybridized carbons (Fsp3) is 0.562. The molecule has 0 aromatic heterocycles. The van der Waals surface area contributed by atoms with Crippen LogP contribution in [0.2, 0.25) is 0 Å². The molecular formula is C16H25N3. The van der Waals surface area contributed by atoms with Gasteiger partial charge in [-0.15, -0.1) is 0 Å². The summed E-state index contributed by atoms with van der Waals surface area (Å²) in [5.41, 5.74) is 2.36. The summed E-state index contributed by atoms with van der Waals surface area (Å²) in [4.78, 5) is 2.35. The van der Waals surface area contributed by atoms with Crippen molar-refractivity contribution >= 4 is 0 Å². The van der Waals surface area contributed by atoms with Gasteiger partial charge in [0.05, 0.1) is 6.07 Å². The van der Waals surface area contributed by atoms with E-state index in [1.807, 2.05) is 0 Å². The molecule has 0 aliphatic carbocycles. The van der Waals surface area contributed by atoms with Gasteiger partial charge in [0, 0.05) is 13.1 Å². The maximum Gasteiger partial charge on any atom is 0.121 e. The third-order valence-corrected chi connectivity index (χ3v) is 3.52. The topological polar surface area (TPSA) is 39.1 Å². The van der Waals surface area contributed by atoms with Crippen molar-refractivity contribution in [2.75, 3.05) is 26.2 Å². The summed E-state index contributed by atoms with van der Waals surface area (Å²) in [7, 11) is 0. The molecule has 0 saturated heterocycles. The molecule has 0 bridgehead atoms. The molecule has 1 aromatic carbocycles. The molecule has 3 nitrogen and oxygen atoms in total. The van der Waals surface area contributed by atoms with Crippen molar-refractivity contribution in [2.24, 2.45) is 0 Å². The standard InChI is InChI=1S/C16H25N3/c1-4-14-7-9-15(10-8-14)16(13-17)18-11-12-19(5-2)6-3/h7-10,16,18H,4-6,11-12H2,1-3H3. The quantitative estimate of drug-likeness (QED) is 0.780. The van der Waals surface area contributed by atoms with Gasteiger partial charge in [-0.2, -0.15) is 5.26 Å². The minimum absolute atomic E-state index is 0.207. The van der Waals surface area contributed by atoms with E-state index in [1.165, 1.54) is 5.56 Å². The Morgan fingerprint density at radius 1 is 1.16 bits per heavy atom. The zero-order valence-corrected chi connectivity index (χ0v) is 12.3. The Labute approximate surface area is 117 Å². The molecule has 0 amide bonds. The van der Waals surface area contributed by atoms with Crippen LogP contribution in [0, 0.1) is 11.3 Å². The second-order valence-corrected chi connectivity index (χ2v) is 4.64. The van der Waals surface area contributed by atoms with E-state index in [0.29, 0.717) is 0 Å². The highest BCUT2D eigenvalue weighted by Crippen LogP contribution is 2.13. The van der Waals surface area contributed by atoms with Crippen LogP contribution in [0.25, 0.3) is 0 Å². The normalized spacial score (nSPS) is 12.4. The zero-order chi connectivity index (χ0) is 14.1. The number of nitrogens with zero attached hydrogens (tertiary/aromatic N) is 2. The van der Waals surface area contributed by atoms with E-state index >= 15 is 0 Å². The predicted octanol–water partition coefficient (Wildman–Crippen LogP) is 2.75. The Balaban J connectivity index is 2.51. The molecule has 1 aromatic rings. The van der Waals surface area contributed by atoms with Gasteiger partial charge >= 0.3 is 0 Å². The molecule has 3 heteroatoms. The Morgan fingerprint density at radius 2 is 1.79 bits per heavy atom. The number of nitrogens with one attached hydrogen (secondary N) is 1. The smallest absolute Gasteiger partial charge is 0.121 e. The van der Waals surface area contributed by atoms with E-state index in [9.17, 15) is 5.26 Å². The van der Waals surface area contributed by atoms with Crippen LogP contribution < -0.4 is 5.32 Å². The maximum absolute atomic E-state index is 9.26. The van der Waals surface area contributed by atoms with Gasteiger partial charge in [-0.05, 0) is 30.6 Å². The molecule has 104 valence electrons. The molecule has 0 fully saturated rings. The largest absolute Gasteiger partial charge is 0.303 e. The lowest BCUT2D eigenvalue weighted by molar-refractivity contribution is 0.300. The summed E-state index contributed by atoms with van der Waals surface area (Å²) >= 11 is 0. The molecule has 1 N–H and O–H groups in total. The van der Waals surface area contributed by atoms with Gasteiger partial charge in [-0.3, -0.25) is 5.32 Å². The molecule has 0 heterocycles. The molecular weight excluding hydrogens is 234 g/mol. The summed E-state index contributed by atoms with van der Waals surface area (Å²) in [5, 5.41) is 12.6. The number of rotatable bonds is 8. The minimum Gasteiger partial charge on any atom is -0.303 e. The molecule has 1 atom stereocenters. The van der Waals surface area contributed by atoms with Crippen LogP contribution >= 0.6 is 0 Å². The lowest BCUT2D eigenvalue weighted by Crippen LogP contribution is -2.33. The predicted molar refractivity (Wildman–Crippen MR) is 80.0 cm³/mol. The number of likely N-dealkylation sites (N-methyl/N-ethyl adjacent to an activating group) is 1. The van der Waals surface area contributed by atoms with Crippen LogP contribution in [0.15, 0.2) is 24.3 Å². The maximum atomic E-state index is 9.26. The van der Waals surface area contributed by atoms with Crippen LogP contribution in [-0.2, 0) is 6.42 Å². The molecule has 1 unspecified atom stereocenters. The Hall–Kier alpha value is -1.37. The van der Waals surface area contributed by atoms with Crippen molar-refractivity contribution in [3.63, 3.8) is 0 Å². The first-order valence-electron chi connectivity index (χ1n) is 7.19. The SMILES string of the molecule is CCc1ccc(C(C#N)NCCN(CC)CC)cc1. The highest BCUT2D eigenvalue weighted by atomic mass is 15.1. The number of benzene rings is 1. The summed E-state index contributed by atoms with van der Waals surface area (Å²) in [5.74, 6) is 0. The van der Waals surface area contributed by atoms with Gasteiger partial charge in [0.15, 0.2) is 0 Å². The summed E-state index contributed by atoms with van der Waals surface area (Å²) in [6.45, 7) is 10.4. The molecule has 19 heavy (non-hydrogen) atoms. The van der Waals surface area contributed by atoms with Gasteiger partial charge in [-0.1, -0.05) is 45.0 Å². The highest BCUT2D eigenvalue weighted by Gasteiger charge is 2.09. The molecule has 0 aliphatic heterocycles. The Bertz CT molecular complexity index is 387. The Kier molecular flexibility index (Phi) is 7.17. The second-order valence-electron chi connectivity index (χ2n) is 4.64. The fourth-order valence-electron chi connectivity index (χ4n) is 2.09. The minimum atomic E-state index is -0.207. The van der Waals surface area contributed by atoms with Gasteiger partial charge in [0.1, 0.15) is 6.04 Å². The second kappa shape index (κ2) is 8.68. The number of hydrogen-bond donors (Lipinski definition) is 1. The average Bonchev–Trinajstić information content (AvgIpc) is 2.48. The fourth-order valence-corrected chi connectivity index (χ4v) is 2.09. The number of hydrogen-bond acceptors (Lipinski definition) is 3. The van der Waals surface area contributed by atoms with Gasteiger partial charge in [-0.25, -0.2) is 0 Å². The first kappa shape index (κ1) is 15.7. The van der Waals surface area contributed by atoms with Crippen molar-refractivity contribution in [1.82, 2.24) is 10.2 Å². The van der Waals surface area contributed by atoms with Crippen LogP contribution in [-0.4, -0.2) is 31.1 Å². The monoisotopic (exact) mass is 259 g/mol. The summed E-state index contributed by atoms with van der Waals surface area (Å²) < 4.78 is 0. The lowest BCUT2D eigenvalue weighted by Gasteiger charge is -2.19. The van der Waals surface area contributed by atoms with Gasteiger partial charge < -0.3 is 4.90 Å². The third kappa shape index (κ3) is 5.02. The van der Waals surface area contributed by atoms with Crippen LogP contribution in [0.5, 0.6) is 0 Å². The van der Waals surface area contributed by atoms with Crippen LogP contribution in [0.3, 0.4) is 0 Å². The van der Waals surface area contributed by atoms with Crippen LogP contribution in [0.4, 0.5) is 0 Å². The van der Waals surface area contributed by atoms with E-state index in [0.717, 1.165) is 38.2 Å². The molecule has 0 aliphatic rings. The average molecular weight is 259 g/mol. The van der Waals surface area contributed by atoms with Crippen molar-refractivity contribution in [1.29, 1.82) is 5.26 Å². The zero-order valence-electron chi connectivity index (χ0n) is 12.3. The van der Waals surface area contributed by atoms with Crippen molar-refractivity contribution < 1.29 is 0 Å². The Morgan fingerprint density at radius 3 is 2.26 bits per heavy atom. The van der Waals surface area contributed by atoms with E-state index in [-0.39, 0.29) is 6.04 Å². The highest BCUT2D eigenvalue weighted by molar-refractivity contribution is 5.28. The molecule has 0 saturated carbocycles. The van der Waals surface area contributed by atoms with E-state index < -0.39 is 0 Å². The first-order valence-corrected chi connectivity index (χ1v) is 7.19. The van der Waals surface area contributed by atoms with E-state index in [2.05, 4.69) is 61.3 Å². The summed E-state index contributed by atoms with van der Waals surface area (Å²) in [6.07, 6.45) is 1.03. The third-order valence-electron chi connectivity index (χ3n) is 3.52. The number of nitriles is 1. The van der Waals surface area contributed by atoms with E-state index in [1.54, 1.807) is 0 Å². The summed E-state index contributed by atoms with van der Waals surface area (Å²) in [6, 6.07) is 10.4. The van der Waals surface area contributed by atoms with E-state index in [4.69, 9.17) is 0 Å². The van der Waals surface area contributed by atoms with Gasteiger partial charge in [0.25, 0.3) is 0 Å². The van der Waals surface area contributed by atoms with Gasteiger partial charge in [0.2, 0.25) is 0 Å². The molecule has 1 rings (SSSR count). The first-order chi connectivity index (χ1) is 9.24. The number of aryl methyl sites for hydroxylation is 1. The lowest BCUT2D eigenvalue weighted by atomic mass is 10.0. The van der Waals surface area contributed by atoms with Crippen molar-refractivity contribution in [2.45, 2.75) is 33.2 Å².